The largest absolute Gasteiger partial charge is 0.467 e. The number of halogens is 5. The minimum absolute atomic E-state index is 0.00917. The fraction of sp³-hybridized carbons (Fsp3) is 0.333. The summed E-state index contributed by atoms with van der Waals surface area (Å²) in [6.07, 6.45) is -4.61. The molecule has 1 aromatic carbocycles. The van der Waals surface area contributed by atoms with Gasteiger partial charge >= 0.3 is 18.2 Å². The molecule has 0 aliphatic rings. The third-order valence-corrected chi connectivity index (χ3v) is 3.48. The first-order valence-corrected chi connectivity index (χ1v) is 6.95. The molecule has 0 heterocycles. The Morgan fingerprint density at radius 1 is 1.36 bits per heavy atom. The highest BCUT2D eigenvalue weighted by Gasteiger charge is 2.34. The van der Waals surface area contributed by atoms with Crippen LogP contribution in [-0.2, 0) is 15.7 Å². The van der Waals surface area contributed by atoms with Crippen LogP contribution in [0.1, 0.15) is 12.5 Å². The van der Waals surface area contributed by atoms with Crippen molar-refractivity contribution in [3.8, 4) is 0 Å². The number of benzene rings is 1. The van der Waals surface area contributed by atoms with Crippen LogP contribution in [0.5, 0.6) is 0 Å². The first-order chi connectivity index (χ1) is 10.1. The third kappa shape index (κ3) is 4.77. The van der Waals surface area contributed by atoms with Gasteiger partial charge in [-0.05, 0) is 35.0 Å². The Labute approximate surface area is 137 Å². The van der Waals surface area contributed by atoms with Crippen molar-refractivity contribution in [2.75, 3.05) is 12.4 Å². The molecule has 0 unspecified atom stereocenters. The molecule has 5 nitrogen and oxygen atoms in total. The summed E-state index contributed by atoms with van der Waals surface area (Å²) >= 11 is 8.48. The van der Waals surface area contributed by atoms with Gasteiger partial charge in [0.05, 0.1) is 23.4 Å². The number of nitrogens with one attached hydrogen (secondary N) is 2. The lowest BCUT2D eigenvalue weighted by molar-refractivity contribution is -0.142. The lowest BCUT2D eigenvalue weighted by Gasteiger charge is -2.15. The Bertz CT molecular complexity index is 596. The van der Waals surface area contributed by atoms with Crippen molar-refractivity contribution in [3.63, 3.8) is 0 Å². The average Bonchev–Trinajstić information content (AvgIpc) is 2.39. The van der Waals surface area contributed by atoms with Gasteiger partial charge < -0.3 is 15.4 Å². The Morgan fingerprint density at radius 2 is 1.95 bits per heavy atom. The fourth-order valence-corrected chi connectivity index (χ4v) is 2.16. The molecule has 0 spiro atoms. The number of amides is 2. The van der Waals surface area contributed by atoms with Gasteiger partial charge in [-0.3, -0.25) is 0 Å². The minimum atomic E-state index is -4.61. The van der Waals surface area contributed by atoms with E-state index in [0.717, 1.165) is 19.2 Å². The zero-order valence-electron chi connectivity index (χ0n) is 11.3. The SMILES string of the molecule is COC(=O)[C@@H](C)NC(=O)Nc1cc(Cl)c(C(F)(F)F)cc1Br. The second-order valence-electron chi connectivity index (χ2n) is 4.15. The predicted molar refractivity (Wildman–Crippen MR) is 77.8 cm³/mol. The summed E-state index contributed by atoms with van der Waals surface area (Å²) in [5.74, 6) is -0.667. The second-order valence-corrected chi connectivity index (χ2v) is 5.41. The maximum absolute atomic E-state index is 12.7. The quantitative estimate of drug-likeness (QED) is 0.754. The van der Waals surface area contributed by atoms with Crippen molar-refractivity contribution in [2.45, 2.75) is 19.1 Å². The normalized spacial score (nSPS) is 12.5. The van der Waals surface area contributed by atoms with E-state index in [1.54, 1.807) is 0 Å². The van der Waals surface area contributed by atoms with E-state index in [2.05, 4.69) is 31.3 Å². The molecule has 10 heteroatoms. The number of hydrogen-bond acceptors (Lipinski definition) is 3. The van der Waals surface area contributed by atoms with E-state index in [4.69, 9.17) is 11.6 Å². The smallest absolute Gasteiger partial charge is 0.417 e. The van der Waals surface area contributed by atoms with Gasteiger partial charge in [0.15, 0.2) is 0 Å². The van der Waals surface area contributed by atoms with E-state index in [0.29, 0.717) is 0 Å². The monoisotopic (exact) mass is 402 g/mol. The van der Waals surface area contributed by atoms with E-state index in [9.17, 15) is 22.8 Å². The van der Waals surface area contributed by atoms with E-state index < -0.39 is 34.8 Å². The van der Waals surface area contributed by atoms with Crippen molar-refractivity contribution in [1.29, 1.82) is 0 Å². The molecule has 1 rings (SSSR count). The zero-order chi connectivity index (χ0) is 17.1. The minimum Gasteiger partial charge on any atom is -0.467 e. The van der Waals surface area contributed by atoms with Crippen LogP contribution >= 0.6 is 27.5 Å². The topological polar surface area (TPSA) is 67.4 Å². The van der Waals surface area contributed by atoms with Gasteiger partial charge in [0.1, 0.15) is 6.04 Å². The van der Waals surface area contributed by atoms with Crippen molar-refractivity contribution >= 4 is 45.2 Å². The van der Waals surface area contributed by atoms with Gasteiger partial charge in [-0.2, -0.15) is 13.2 Å². The molecule has 1 atom stereocenters. The predicted octanol–water partition coefficient (Wildman–Crippen LogP) is 3.80. The van der Waals surface area contributed by atoms with Crippen molar-refractivity contribution in [2.24, 2.45) is 0 Å². The Kier molecular flexibility index (Phi) is 6.07. The molecule has 2 N–H and O–H groups in total. The van der Waals surface area contributed by atoms with E-state index in [1.807, 2.05) is 0 Å². The molecular weight excluding hydrogens is 392 g/mol. The summed E-state index contributed by atoms with van der Waals surface area (Å²) in [6, 6.07) is -0.0125. The first-order valence-electron chi connectivity index (χ1n) is 5.77. The Hall–Kier alpha value is -1.48. The summed E-state index contributed by atoms with van der Waals surface area (Å²) in [7, 11) is 1.16. The number of anilines is 1. The molecular formula is C12H11BrClF3N2O3. The van der Waals surface area contributed by atoms with E-state index in [1.165, 1.54) is 6.92 Å². The molecule has 0 saturated heterocycles. The van der Waals surface area contributed by atoms with Crippen LogP contribution in [-0.4, -0.2) is 25.2 Å². The zero-order valence-corrected chi connectivity index (χ0v) is 13.7. The number of rotatable bonds is 3. The lowest BCUT2D eigenvalue weighted by atomic mass is 10.2. The molecule has 22 heavy (non-hydrogen) atoms. The Balaban J connectivity index is 2.89. The van der Waals surface area contributed by atoms with Crippen LogP contribution in [0.15, 0.2) is 16.6 Å². The number of alkyl halides is 3. The molecule has 0 saturated carbocycles. The van der Waals surface area contributed by atoms with Crippen molar-refractivity contribution in [1.82, 2.24) is 5.32 Å². The molecule has 0 radical (unpaired) electrons. The number of ether oxygens (including phenoxy) is 1. The van der Waals surface area contributed by atoms with Crippen LogP contribution in [0.2, 0.25) is 5.02 Å². The number of methoxy groups -OCH3 is 1. The number of esters is 1. The Morgan fingerprint density at radius 3 is 2.45 bits per heavy atom. The molecule has 0 aliphatic carbocycles. The van der Waals surface area contributed by atoms with Gasteiger partial charge in [-0.1, -0.05) is 11.6 Å². The summed E-state index contributed by atoms with van der Waals surface area (Å²) < 4.78 is 42.4. The first kappa shape index (κ1) is 18.6. The highest BCUT2D eigenvalue weighted by molar-refractivity contribution is 9.10. The summed E-state index contributed by atoms with van der Waals surface area (Å²) in [6.45, 7) is 1.39. The van der Waals surface area contributed by atoms with Crippen LogP contribution in [0.25, 0.3) is 0 Å². The molecule has 0 aliphatic heterocycles. The second kappa shape index (κ2) is 7.19. The highest BCUT2D eigenvalue weighted by atomic mass is 79.9. The summed E-state index contributed by atoms with van der Waals surface area (Å²) in [5, 5.41) is 3.98. The molecule has 0 fully saturated rings. The fourth-order valence-electron chi connectivity index (χ4n) is 1.45. The number of carbonyl (C=O) groups is 2. The average molecular weight is 404 g/mol. The van der Waals surface area contributed by atoms with Crippen LogP contribution in [0, 0.1) is 0 Å². The standard InChI is InChI=1S/C12H11BrClF3N2O3/c1-5(10(20)22-2)18-11(21)19-9-4-8(14)6(3-7(9)13)12(15,16)17/h3-5H,1-2H3,(H2,18,19,21)/t5-/m1/s1. The summed E-state index contributed by atoms with van der Waals surface area (Å²) in [5.41, 5.74) is -1.01. The number of urea groups is 1. The van der Waals surface area contributed by atoms with Crippen molar-refractivity contribution < 1.29 is 27.5 Å². The molecule has 2 amide bonds. The summed E-state index contributed by atoms with van der Waals surface area (Å²) in [4.78, 5) is 22.8. The molecule has 1 aromatic rings. The van der Waals surface area contributed by atoms with Gasteiger partial charge in [0.25, 0.3) is 0 Å². The van der Waals surface area contributed by atoms with E-state index >= 15 is 0 Å². The number of carbonyl (C=O) groups excluding carboxylic acids is 2. The maximum Gasteiger partial charge on any atom is 0.417 e. The van der Waals surface area contributed by atoms with Crippen LogP contribution < -0.4 is 10.6 Å². The van der Waals surface area contributed by atoms with Gasteiger partial charge in [-0.15, -0.1) is 0 Å². The molecule has 0 bridgehead atoms. The third-order valence-electron chi connectivity index (χ3n) is 2.51. The van der Waals surface area contributed by atoms with Gasteiger partial charge in [0, 0.05) is 4.47 Å². The number of hydrogen-bond donors (Lipinski definition) is 2. The maximum atomic E-state index is 12.7. The van der Waals surface area contributed by atoms with Crippen LogP contribution in [0.3, 0.4) is 0 Å². The van der Waals surface area contributed by atoms with E-state index in [-0.39, 0.29) is 10.2 Å². The lowest BCUT2D eigenvalue weighted by Crippen LogP contribution is -2.41. The van der Waals surface area contributed by atoms with Gasteiger partial charge in [0.2, 0.25) is 0 Å². The molecule has 122 valence electrons. The highest BCUT2D eigenvalue weighted by Crippen LogP contribution is 2.39. The van der Waals surface area contributed by atoms with Gasteiger partial charge in [-0.25, -0.2) is 9.59 Å². The van der Waals surface area contributed by atoms with Crippen molar-refractivity contribution in [3.05, 3.63) is 27.2 Å². The molecule has 0 aromatic heterocycles. The van der Waals surface area contributed by atoms with Crippen LogP contribution in [0.4, 0.5) is 23.7 Å².